The molecule has 2 heterocycles. The van der Waals surface area contributed by atoms with Crippen molar-refractivity contribution in [1.82, 2.24) is 0 Å². The van der Waals surface area contributed by atoms with Crippen molar-refractivity contribution in [3.63, 3.8) is 0 Å². The molecule has 0 bridgehead atoms. The van der Waals surface area contributed by atoms with Crippen LogP contribution in [0.5, 0.6) is 0 Å². The van der Waals surface area contributed by atoms with Gasteiger partial charge in [-0.2, -0.15) is 0 Å². The van der Waals surface area contributed by atoms with Gasteiger partial charge in [-0.1, -0.05) is 5.11 Å². The average molecular weight is 273 g/mol. The van der Waals surface area contributed by atoms with E-state index in [1.54, 1.807) is 13.8 Å². The van der Waals surface area contributed by atoms with Crippen LogP contribution in [0.3, 0.4) is 0 Å². The van der Waals surface area contributed by atoms with E-state index in [2.05, 4.69) is 14.8 Å². The van der Waals surface area contributed by atoms with E-state index in [1.807, 2.05) is 0 Å². The molecule has 9 nitrogen and oxygen atoms in total. The Labute approximate surface area is 109 Å². The highest BCUT2D eigenvalue weighted by Gasteiger charge is 2.69. The van der Waals surface area contributed by atoms with Crippen molar-refractivity contribution >= 4 is 5.97 Å². The first-order valence-electron chi connectivity index (χ1n) is 5.69. The van der Waals surface area contributed by atoms with Crippen LogP contribution in [0.2, 0.25) is 0 Å². The minimum absolute atomic E-state index is 0.139. The number of aliphatic hydroxyl groups excluding tert-OH is 1. The second-order valence-electron chi connectivity index (χ2n) is 4.76. The van der Waals surface area contributed by atoms with E-state index in [1.165, 1.54) is 7.11 Å². The minimum atomic E-state index is -1.83. The molecule has 2 aliphatic heterocycles. The Morgan fingerprint density at radius 3 is 2.79 bits per heavy atom. The Morgan fingerprint density at radius 1 is 1.53 bits per heavy atom. The normalized spacial score (nSPS) is 39.5. The third-order valence-electron chi connectivity index (χ3n) is 3.00. The number of nitrogens with zero attached hydrogens (tertiary/aromatic N) is 3. The number of esters is 1. The molecular weight excluding hydrogens is 258 g/mol. The maximum atomic E-state index is 11.9. The van der Waals surface area contributed by atoms with E-state index in [0.29, 0.717) is 0 Å². The Hall–Kier alpha value is -1.38. The van der Waals surface area contributed by atoms with Crippen molar-refractivity contribution in [1.29, 1.82) is 0 Å². The number of hydrogen-bond acceptors (Lipinski definition) is 7. The molecule has 4 atom stereocenters. The van der Waals surface area contributed by atoms with Crippen LogP contribution >= 0.6 is 0 Å². The molecule has 19 heavy (non-hydrogen) atoms. The molecule has 0 aromatic heterocycles. The van der Waals surface area contributed by atoms with Crippen molar-refractivity contribution in [2.75, 3.05) is 13.7 Å². The second-order valence-corrected chi connectivity index (χ2v) is 4.76. The Bertz CT molecular complexity index is 435. The number of hydrogen-bond donors (Lipinski definition) is 1. The van der Waals surface area contributed by atoms with Gasteiger partial charge in [0.25, 0.3) is 0 Å². The molecule has 0 saturated carbocycles. The van der Waals surface area contributed by atoms with Gasteiger partial charge in [0.05, 0.1) is 19.8 Å². The van der Waals surface area contributed by atoms with Crippen LogP contribution < -0.4 is 0 Å². The number of ether oxygens (including phenoxy) is 4. The Morgan fingerprint density at radius 2 is 2.21 bits per heavy atom. The molecule has 0 spiro atoms. The quantitative estimate of drug-likeness (QED) is 0.336. The molecule has 0 amide bonds. The molecule has 2 rings (SSSR count). The van der Waals surface area contributed by atoms with Gasteiger partial charge in [0.1, 0.15) is 6.10 Å². The first kappa shape index (κ1) is 14.0. The number of carbonyl (C=O) groups excluding carboxylic acids is 1. The summed E-state index contributed by atoms with van der Waals surface area (Å²) in [7, 11) is 1.18. The molecule has 0 radical (unpaired) electrons. The maximum Gasteiger partial charge on any atom is 0.369 e. The van der Waals surface area contributed by atoms with Crippen LogP contribution in [-0.4, -0.2) is 54.6 Å². The molecule has 1 N–H and O–H groups in total. The zero-order chi connectivity index (χ0) is 14.3. The fourth-order valence-electron chi connectivity index (χ4n) is 2.32. The number of fused-ring (bicyclic) bond motifs is 1. The van der Waals surface area contributed by atoms with Gasteiger partial charge >= 0.3 is 11.8 Å². The zero-order valence-corrected chi connectivity index (χ0v) is 10.8. The lowest BCUT2D eigenvalue weighted by atomic mass is 10.1. The molecule has 0 aromatic rings. The van der Waals surface area contributed by atoms with E-state index in [4.69, 9.17) is 19.7 Å². The molecule has 9 heteroatoms. The third kappa shape index (κ3) is 2.15. The van der Waals surface area contributed by atoms with E-state index in [-0.39, 0.29) is 6.54 Å². The predicted molar refractivity (Wildman–Crippen MR) is 59.7 cm³/mol. The predicted octanol–water partition coefficient (Wildman–Crippen LogP) is 0.0772. The molecule has 0 aromatic carbocycles. The molecule has 106 valence electrons. The summed E-state index contributed by atoms with van der Waals surface area (Å²) in [5, 5.41) is 13.4. The van der Waals surface area contributed by atoms with Crippen molar-refractivity contribution < 1.29 is 28.8 Å². The maximum absolute atomic E-state index is 11.9. The SMILES string of the molecule is COC(=O)[C@@]12O[C@@H](CN=[N+]=[N-])[C@@H](O)[C@@H]1OC(C)(C)O2. The van der Waals surface area contributed by atoms with Crippen molar-refractivity contribution in [3.8, 4) is 0 Å². The first-order valence-corrected chi connectivity index (χ1v) is 5.69. The van der Waals surface area contributed by atoms with Gasteiger partial charge < -0.3 is 24.1 Å². The summed E-state index contributed by atoms with van der Waals surface area (Å²) >= 11 is 0. The lowest BCUT2D eigenvalue weighted by Crippen LogP contribution is -2.48. The third-order valence-corrected chi connectivity index (χ3v) is 3.00. The smallest absolute Gasteiger partial charge is 0.369 e. The summed E-state index contributed by atoms with van der Waals surface area (Å²) in [6.07, 6.45) is -3.09. The fourth-order valence-corrected chi connectivity index (χ4v) is 2.32. The lowest BCUT2D eigenvalue weighted by Gasteiger charge is -2.25. The summed E-state index contributed by atoms with van der Waals surface area (Å²) < 4.78 is 21.1. The largest absolute Gasteiger partial charge is 0.465 e. The fraction of sp³-hybridized carbons (Fsp3) is 0.900. The van der Waals surface area contributed by atoms with Gasteiger partial charge in [0.15, 0.2) is 11.9 Å². The molecule has 2 aliphatic rings. The summed E-state index contributed by atoms with van der Waals surface area (Å²) in [5.41, 5.74) is 8.29. The van der Waals surface area contributed by atoms with Gasteiger partial charge in [0.2, 0.25) is 0 Å². The van der Waals surface area contributed by atoms with Gasteiger partial charge in [-0.3, -0.25) is 0 Å². The van der Waals surface area contributed by atoms with Gasteiger partial charge in [0, 0.05) is 4.91 Å². The van der Waals surface area contributed by atoms with Crippen LogP contribution in [0, 0.1) is 0 Å². The number of rotatable bonds is 3. The highest BCUT2D eigenvalue weighted by molar-refractivity contribution is 5.79. The standard InChI is InChI=1S/C10H15N3O6/c1-9(2)18-7-6(14)5(4-12-13-11)17-10(7,19-9)8(15)16-3/h5-7,14H,4H2,1-3H3/t5-,6+,7-,10+/m0/s1. The number of aliphatic hydroxyl groups is 1. The van der Waals surface area contributed by atoms with Crippen molar-refractivity contribution in [2.24, 2.45) is 5.11 Å². The highest BCUT2D eigenvalue weighted by atomic mass is 16.9. The van der Waals surface area contributed by atoms with Crippen LogP contribution in [0.15, 0.2) is 5.11 Å². The van der Waals surface area contributed by atoms with Crippen LogP contribution in [0.25, 0.3) is 10.4 Å². The highest BCUT2D eigenvalue weighted by Crippen LogP contribution is 2.46. The van der Waals surface area contributed by atoms with E-state index in [9.17, 15) is 9.90 Å². The molecule has 2 saturated heterocycles. The van der Waals surface area contributed by atoms with Gasteiger partial charge in [-0.25, -0.2) is 4.79 Å². The van der Waals surface area contributed by atoms with Crippen LogP contribution in [0.1, 0.15) is 13.8 Å². The van der Waals surface area contributed by atoms with E-state index in [0.717, 1.165) is 0 Å². The van der Waals surface area contributed by atoms with Crippen molar-refractivity contribution in [3.05, 3.63) is 10.4 Å². The monoisotopic (exact) mass is 273 g/mol. The summed E-state index contributed by atoms with van der Waals surface area (Å²) in [6.45, 7) is 3.04. The first-order chi connectivity index (χ1) is 8.86. The topological polar surface area (TPSA) is 123 Å². The second kappa shape index (κ2) is 4.62. The average Bonchev–Trinajstić information content (AvgIpc) is 2.77. The Balaban J connectivity index is 2.30. The summed E-state index contributed by atoms with van der Waals surface area (Å²) in [5.74, 6) is -3.72. The Kier molecular flexibility index (Phi) is 3.41. The molecule has 0 aliphatic carbocycles. The molecular formula is C10H15N3O6. The van der Waals surface area contributed by atoms with Crippen LogP contribution in [0.4, 0.5) is 0 Å². The van der Waals surface area contributed by atoms with Crippen LogP contribution in [-0.2, 0) is 23.7 Å². The summed E-state index contributed by atoms with van der Waals surface area (Å²) in [4.78, 5) is 14.5. The number of azide groups is 1. The molecule has 0 unspecified atom stereocenters. The van der Waals surface area contributed by atoms with E-state index >= 15 is 0 Å². The van der Waals surface area contributed by atoms with Gasteiger partial charge in [-0.05, 0) is 19.4 Å². The van der Waals surface area contributed by atoms with Crippen molar-refractivity contribution in [2.45, 2.75) is 43.7 Å². The number of methoxy groups -OCH3 is 1. The zero-order valence-electron chi connectivity index (χ0n) is 10.8. The van der Waals surface area contributed by atoms with E-state index < -0.39 is 35.9 Å². The number of carbonyl (C=O) groups is 1. The summed E-state index contributed by atoms with van der Waals surface area (Å²) in [6, 6.07) is 0. The minimum Gasteiger partial charge on any atom is -0.465 e. The van der Waals surface area contributed by atoms with Gasteiger partial charge in [-0.15, -0.1) is 0 Å². The lowest BCUT2D eigenvalue weighted by molar-refractivity contribution is -0.263. The molecule has 2 fully saturated rings.